The second-order valence-electron chi connectivity index (χ2n) is 5.41. The molecule has 0 aliphatic heterocycles. The first-order chi connectivity index (χ1) is 12.1. The molecule has 0 heterocycles. The molecule has 0 N–H and O–H groups in total. The van der Waals surface area contributed by atoms with Crippen molar-refractivity contribution >= 4 is 34.8 Å². The molecule has 0 spiro atoms. The van der Waals surface area contributed by atoms with Gasteiger partial charge in [-0.1, -0.05) is 42.5 Å². The van der Waals surface area contributed by atoms with Crippen LogP contribution in [-0.4, -0.2) is 35.2 Å². The molecule has 1 aliphatic rings. The van der Waals surface area contributed by atoms with Crippen molar-refractivity contribution in [1.29, 1.82) is 0 Å². The maximum atomic E-state index is 12.5. The lowest BCUT2D eigenvalue weighted by molar-refractivity contribution is -0.134. The zero-order valence-electron chi connectivity index (χ0n) is 13.1. The number of esters is 1. The number of alkyl halides is 1. The molecule has 0 saturated heterocycles. The largest absolute Gasteiger partial charge is 0.426 e. The molecule has 1 atom stereocenters. The molecule has 6 heteroatoms. The van der Waals surface area contributed by atoms with Crippen LogP contribution in [0.3, 0.4) is 0 Å². The van der Waals surface area contributed by atoms with Crippen molar-refractivity contribution in [2.45, 2.75) is 11.8 Å². The molecule has 3 rings (SSSR count). The molecule has 2 aromatic carbocycles. The number of hydrogen-bond donors (Lipinski definition) is 0. The molecule has 0 radical (unpaired) electrons. The Balaban J connectivity index is 1.68. The zero-order valence-corrected chi connectivity index (χ0v) is 13.9. The van der Waals surface area contributed by atoms with Crippen LogP contribution in [0.15, 0.2) is 59.6 Å². The van der Waals surface area contributed by atoms with Crippen molar-refractivity contribution in [2.75, 3.05) is 6.54 Å². The fourth-order valence-electron chi connectivity index (χ4n) is 2.50. The van der Waals surface area contributed by atoms with Crippen LogP contribution in [0.4, 0.5) is 0 Å². The van der Waals surface area contributed by atoms with E-state index < -0.39 is 11.3 Å². The maximum Gasteiger partial charge on any atom is 0.313 e. The monoisotopic (exact) mass is 355 g/mol. The van der Waals surface area contributed by atoms with Gasteiger partial charge in [0.2, 0.25) is 5.78 Å². The van der Waals surface area contributed by atoms with Crippen molar-refractivity contribution in [3.05, 3.63) is 65.7 Å². The first-order valence-corrected chi connectivity index (χ1v) is 8.13. The summed E-state index contributed by atoms with van der Waals surface area (Å²) in [6.07, 6.45) is -0.0227. The average Bonchev–Trinajstić information content (AvgIpc) is 2.63. The number of ketones is 2. The molecule has 1 aliphatic carbocycles. The third kappa shape index (κ3) is 3.67. The first kappa shape index (κ1) is 17.0. The summed E-state index contributed by atoms with van der Waals surface area (Å²) >= 11 is 6.08. The number of hydrogen-bond acceptors (Lipinski definition) is 5. The normalized spacial score (nSPS) is 18.1. The van der Waals surface area contributed by atoms with E-state index in [4.69, 9.17) is 16.3 Å². The number of benzene rings is 2. The number of nitrogens with zero attached hydrogens (tertiary/aromatic N) is 1. The third-order valence-electron chi connectivity index (χ3n) is 3.71. The molecular weight excluding hydrogens is 342 g/mol. The summed E-state index contributed by atoms with van der Waals surface area (Å²) in [5.41, 5.74) is 0.558. The van der Waals surface area contributed by atoms with Crippen LogP contribution in [0, 0.1) is 0 Å². The molecular formula is C19H14ClNO4. The van der Waals surface area contributed by atoms with Crippen molar-refractivity contribution in [2.24, 2.45) is 4.99 Å². The Labute approximate surface area is 149 Å². The molecule has 0 saturated carbocycles. The smallest absolute Gasteiger partial charge is 0.313 e. The van der Waals surface area contributed by atoms with Gasteiger partial charge in [-0.3, -0.25) is 19.4 Å². The van der Waals surface area contributed by atoms with Gasteiger partial charge in [0.05, 0.1) is 6.42 Å². The van der Waals surface area contributed by atoms with E-state index in [9.17, 15) is 14.4 Å². The molecule has 0 fully saturated rings. The zero-order chi connectivity index (χ0) is 17.8. The summed E-state index contributed by atoms with van der Waals surface area (Å²) in [6, 6.07) is 15.1. The minimum atomic E-state index is -1.13. The van der Waals surface area contributed by atoms with Gasteiger partial charge in [0.25, 0.3) is 0 Å². The second-order valence-corrected chi connectivity index (χ2v) is 5.84. The summed E-state index contributed by atoms with van der Waals surface area (Å²) in [7, 11) is 0. The number of fused-ring (bicyclic) bond motifs is 1. The summed E-state index contributed by atoms with van der Waals surface area (Å²) in [5, 5.41) is -1.13. The quantitative estimate of drug-likeness (QED) is 0.480. The van der Waals surface area contributed by atoms with Gasteiger partial charge in [0, 0.05) is 17.7 Å². The molecule has 5 nitrogen and oxygen atoms in total. The van der Waals surface area contributed by atoms with Gasteiger partial charge >= 0.3 is 5.97 Å². The van der Waals surface area contributed by atoms with Crippen LogP contribution in [0.2, 0.25) is 0 Å². The summed E-state index contributed by atoms with van der Waals surface area (Å²) < 4.78 is 5.14. The first-order valence-electron chi connectivity index (χ1n) is 7.70. The summed E-state index contributed by atoms with van der Waals surface area (Å²) in [4.78, 5) is 40.6. The van der Waals surface area contributed by atoms with Gasteiger partial charge in [-0.05, 0) is 12.1 Å². The van der Waals surface area contributed by atoms with E-state index >= 15 is 0 Å². The number of halogens is 1. The Hall–Kier alpha value is -2.79. The van der Waals surface area contributed by atoms with Crippen LogP contribution in [-0.2, 0) is 4.79 Å². The number of carbonyl (C=O) groups is 3. The lowest BCUT2D eigenvalue weighted by atomic mass is 9.88. The molecule has 0 aromatic heterocycles. The lowest BCUT2D eigenvalue weighted by Crippen LogP contribution is -2.38. The minimum absolute atomic E-state index is 0.0193. The fraction of sp³-hybridized carbons (Fsp3) is 0.158. The van der Waals surface area contributed by atoms with Gasteiger partial charge in [-0.15, -0.1) is 11.6 Å². The fourth-order valence-corrected chi connectivity index (χ4v) is 2.79. The van der Waals surface area contributed by atoms with Crippen LogP contribution >= 0.6 is 11.6 Å². The second kappa shape index (κ2) is 7.40. The Bertz CT molecular complexity index is 861. The Morgan fingerprint density at radius 1 is 1.00 bits per heavy atom. The van der Waals surface area contributed by atoms with Gasteiger partial charge < -0.3 is 4.74 Å². The van der Waals surface area contributed by atoms with Gasteiger partial charge in [-0.2, -0.15) is 0 Å². The number of Topliss-reactive ketones (excluding diaryl/α,β-unsaturated/α-hetero) is 2. The third-order valence-corrected chi connectivity index (χ3v) is 4.12. The van der Waals surface area contributed by atoms with Gasteiger partial charge in [-0.25, -0.2) is 0 Å². The molecule has 126 valence electrons. The predicted molar refractivity (Wildman–Crippen MR) is 93.7 cm³/mol. The van der Waals surface area contributed by atoms with Crippen LogP contribution < -0.4 is 4.74 Å². The number of carbonyl (C=O) groups excluding carboxylic acids is 3. The van der Waals surface area contributed by atoms with E-state index in [0.717, 1.165) is 0 Å². The van der Waals surface area contributed by atoms with E-state index in [1.54, 1.807) is 48.5 Å². The molecule has 25 heavy (non-hydrogen) atoms. The molecule has 1 unspecified atom stereocenters. The maximum absolute atomic E-state index is 12.5. The van der Waals surface area contributed by atoms with Crippen LogP contribution in [0.25, 0.3) is 0 Å². The Morgan fingerprint density at radius 2 is 1.64 bits per heavy atom. The van der Waals surface area contributed by atoms with Crippen molar-refractivity contribution in [3.8, 4) is 5.75 Å². The van der Waals surface area contributed by atoms with E-state index in [1.165, 1.54) is 0 Å². The van der Waals surface area contributed by atoms with Crippen LogP contribution in [0.1, 0.15) is 27.1 Å². The van der Waals surface area contributed by atoms with Gasteiger partial charge in [0.1, 0.15) is 16.8 Å². The molecule has 2 aromatic rings. The number of ether oxygens (including phenoxy) is 1. The van der Waals surface area contributed by atoms with Crippen molar-refractivity contribution in [1.82, 2.24) is 0 Å². The molecule has 0 amide bonds. The Kier molecular flexibility index (Phi) is 5.05. The number of aliphatic imine (C=N–C) groups is 1. The summed E-state index contributed by atoms with van der Waals surface area (Å²) in [5.74, 6) is -0.779. The van der Waals surface area contributed by atoms with Crippen LogP contribution in [0.5, 0.6) is 5.75 Å². The van der Waals surface area contributed by atoms with E-state index in [-0.39, 0.29) is 35.8 Å². The van der Waals surface area contributed by atoms with E-state index in [1.807, 2.05) is 6.07 Å². The highest BCUT2D eigenvalue weighted by atomic mass is 35.5. The van der Waals surface area contributed by atoms with Crippen molar-refractivity contribution in [3.63, 3.8) is 0 Å². The summed E-state index contributed by atoms with van der Waals surface area (Å²) in [6.45, 7) is 0.0193. The minimum Gasteiger partial charge on any atom is -0.426 e. The SMILES string of the molecule is O=C(CCN=C1C(=O)c2ccccc2C(=O)C1Cl)Oc1ccccc1. The Morgan fingerprint density at radius 3 is 2.36 bits per heavy atom. The topological polar surface area (TPSA) is 72.8 Å². The molecule has 0 bridgehead atoms. The van der Waals surface area contributed by atoms with E-state index in [0.29, 0.717) is 11.3 Å². The van der Waals surface area contributed by atoms with Crippen molar-refractivity contribution < 1.29 is 19.1 Å². The predicted octanol–water partition coefficient (Wildman–Crippen LogP) is 3.11. The number of para-hydroxylation sites is 1. The van der Waals surface area contributed by atoms with Gasteiger partial charge in [0.15, 0.2) is 5.78 Å². The standard InChI is InChI=1S/C19H14ClNO4/c20-16-17(19(24)14-9-5-4-8-13(14)18(16)23)21-11-10-15(22)25-12-6-2-1-3-7-12/h1-9,16H,10-11H2. The van der Waals surface area contributed by atoms with E-state index in [2.05, 4.69) is 4.99 Å². The number of rotatable bonds is 4. The average molecular weight is 356 g/mol. The highest BCUT2D eigenvalue weighted by Gasteiger charge is 2.36. The highest BCUT2D eigenvalue weighted by Crippen LogP contribution is 2.23. The lowest BCUT2D eigenvalue weighted by Gasteiger charge is -2.19. The highest BCUT2D eigenvalue weighted by molar-refractivity contribution is 6.64.